The Morgan fingerprint density at radius 3 is 2.48 bits per heavy atom. The highest BCUT2D eigenvalue weighted by Gasteiger charge is 2.40. The van der Waals surface area contributed by atoms with E-state index < -0.39 is 12.2 Å². The summed E-state index contributed by atoms with van der Waals surface area (Å²) < 4.78 is 5.55. The van der Waals surface area contributed by atoms with Crippen LogP contribution < -0.4 is 0 Å². The van der Waals surface area contributed by atoms with Gasteiger partial charge in [-0.3, -0.25) is 9.89 Å². The van der Waals surface area contributed by atoms with Crippen LogP contribution in [0.5, 0.6) is 0 Å². The summed E-state index contributed by atoms with van der Waals surface area (Å²) in [4.78, 5) is 6.22. The molecule has 0 radical (unpaired) electrons. The monoisotopic (exact) mass is 398 g/mol. The van der Waals surface area contributed by atoms with E-state index in [-0.39, 0.29) is 12.2 Å². The van der Waals surface area contributed by atoms with Crippen molar-refractivity contribution in [1.29, 1.82) is 0 Å². The predicted molar refractivity (Wildman–Crippen MR) is 119 cm³/mol. The molecule has 1 aromatic carbocycles. The van der Waals surface area contributed by atoms with E-state index in [2.05, 4.69) is 47.7 Å². The number of ether oxygens (including phenoxy) is 1. The highest BCUT2D eigenvalue weighted by Crippen LogP contribution is 2.22. The largest absolute Gasteiger partial charge is 0.388 e. The fourth-order valence-electron chi connectivity index (χ4n) is 3.59. The van der Waals surface area contributed by atoms with Crippen LogP contribution in [0.2, 0.25) is 0 Å². The van der Waals surface area contributed by atoms with Crippen molar-refractivity contribution < 1.29 is 14.9 Å². The average molecular weight is 399 g/mol. The van der Waals surface area contributed by atoms with Gasteiger partial charge in [-0.05, 0) is 45.4 Å². The van der Waals surface area contributed by atoms with Crippen molar-refractivity contribution in [3.8, 4) is 0 Å². The molecule has 1 fully saturated rings. The van der Waals surface area contributed by atoms with Gasteiger partial charge in [-0.15, -0.1) is 0 Å². The second-order valence-electron chi connectivity index (χ2n) is 7.74. The van der Waals surface area contributed by atoms with Crippen molar-refractivity contribution in [1.82, 2.24) is 4.90 Å². The van der Waals surface area contributed by atoms with Crippen molar-refractivity contribution in [3.63, 3.8) is 0 Å². The Morgan fingerprint density at radius 1 is 1.28 bits per heavy atom. The van der Waals surface area contributed by atoms with Gasteiger partial charge in [0.15, 0.2) is 0 Å². The first kappa shape index (κ1) is 23.2. The van der Waals surface area contributed by atoms with Crippen LogP contribution in [0.25, 0.3) is 0 Å². The highest BCUT2D eigenvalue weighted by molar-refractivity contribution is 6.02. The minimum atomic E-state index is -0.793. The van der Waals surface area contributed by atoms with Crippen LogP contribution in [-0.4, -0.2) is 58.8 Å². The lowest BCUT2D eigenvalue weighted by Gasteiger charge is -2.22. The second kappa shape index (κ2) is 11.2. The Labute approximate surface area is 174 Å². The molecule has 0 spiro atoms. The van der Waals surface area contributed by atoms with Gasteiger partial charge in [0.25, 0.3) is 0 Å². The number of aliphatic hydroxyl groups excluding tert-OH is 2. The number of hydrogen-bond donors (Lipinski definition) is 2. The van der Waals surface area contributed by atoms with Crippen molar-refractivity contribution in [3.05, 3.63) is 72.0 Å². The number of benzene rings is 1. The van der Waals surface area contributed by atoms with Crippen molar-refractivity contribution in [2.24, 2.45) is 4.99 Å². The standard InChI is InChI=1S/C14H21NO3.C10H13N/c1-10-13(16)14(17)12(18-10)9-15(2)8-11-6-4-3-5-7-11;1-4-11-9(3)10-7-5-6-8(10)2/h3-7,10,12-14,16-17H,8-9H2,1-2H3;4-5,7H,1,6H2,2-3H3. The minimum Gasteiger partial charge on any atom is -0.388 e. The quantitative estimate of drug-likeness (QED) is 0.720. The molecule has 29 heavy (non-hydrogen) atoms. The number of likely N-dealkylation sites (N-methyl/N-ethyl adjacent to an activating group) is 1. The second-order valence-corrected chi connectivity index (χ2v) is 7.74. The lowest BCUT2D eigenvalue weighted by molar-refractivity contribution is -0.00253. The molecule has 0 amide bonds. The summed E-state index contributed by atoms with van der Waals surface area (Å²) in [5.41, 5.74) is 4.95. The van der Waals surface area contributed by atoms with Gasteiger partial charge >= 0.3 is 0 Å². The van der Waals surface area contributed by atoms with Crippen molar-refractivity contribution in [2.45, 2.75) is 58.2 Å². The molecule has 2 aliphatic rings. The molecule has 1 heterocycles. The van der Waals surface area contributed by atoms with Gasteiger partial charge in [-0.2, -0.15) is 0 Å². The fraction of sp³-hybridized carbons (Fsp3) is 0.458. The van der Waals surface area contributed by atoms with E-state index in [0.29, 0.717) is 6.54 Å². The number of aliphatic hydroxyl groups is 2. The van der Waals surface area contributed by atoms with Crippen molar-refractivity contribution in [2.75, 3.05) is 13.6 Å². The molecule has 1 aliphatic carbocycles. The van der Waals surface area contributed by atoms with Crippen LogP contribution in [0.4, 0.5) is 0 Å². The first-order valence-corrected chi connectivity index (χ1v) is 10.1. The SMILES string of the molecule is C=CN=C(C)C1=C(C)CC=C1.CC1OC(CN(C)Cc2ccccc2)C(O)C1O. The summed E-state index contributed by atoms with van der Waals surface area (Å²) in [5.74, 6) is 0. The molecule has 1 aromatic rings. The minimum absolute atomic E-state index is 0.296. The maximum absolute atomic E-state index is 9.84. The molecule has 5 nitrogen and oxygen atoms in total. The third-order valence-corrected chi connectivity index (χ3v) is 5.23. The van der Waals surface area contributed by atoms with E-state index in [0.717, 1.165) is 18.7 Å². The Kier molecular flexibility index (Phi) is 8.99. The molecule has 4 atom stereocenters. The topological polar surface area (TPSA) is 65.3 Å². The molecular weight excluding hydrogens is 364 g/mol. The van der Waals surface area contributed by atoms with Gasteiger partial charge in [0.05, 0.1) is 12.2 Å². The number of aliphatic imine (C=N–C) groups is 1. The van der Waals surface area contributed by atoms with Gasteiger partial charge in [-0.25, -0.2) is 0 Å². The van der Waals surface area contributed by atoms with E-state index in [1.807, 2.05) is 32.2 Å². The van der Waals surface area contributed by atoms with E-state index in [1.165, 1.54) is 16.7 Å². The fourth-order valence-corrected chi connectivity index (χ4v) is 3.59. The van der Waals surface area contributed by atoms with E-state index >= 15 is 0 Å². The number of nitrogens with zero attached hydrogens (tertiary/aromatic N) is 2. The van der Waals surface area contributed by atoms with E-state index in [4.69, 9.17) is 4.74 Å². The average Bonchev–Trinajstić information content (AvgIpc) is 3.22. The summed E-state index contributed by atoms with van der Waals surface area (Å²) in [5, 5.41) is 19.5. The summed E-state index contributed by atoms with van der Waals surface area (Å²) in [6, 6.07) is 10.1. The normalized spacial score (nSPS) is 26.7. The Morgan fingerprint density at radius 2 is 1.97 bits per heavy atom. The maximum atomic E-state index is 9.84. The Bertz CT molecular complexity index is 755. The molecule has 1 saturated heterocycles. The smallest absolute Gasteiger partial charge is 0.110 e. The van der Waals surface area contributed by atoms with Crippen LogP contribution in [-0.2, 0) is 11.3 Å². The summed E-state index contributed by atoms with van der Waals surface area (Å²) >= 11 is 0. The van der Waals surface area contributed by atoms with Crippen LogP contribution in [0.15, 0.2) is 71.4 Å². The molecule has 2 N–H and O–H groups in total. The zero-order valence-electron chi connectivity index (χ0n) is 18.0. The Hall–Kier alpha value is -2.05. The van der Waals surface area contributed by atoms with Gasteiger partial charge < -0.3 is 14.9 Å². The van der Waals surface area contributed by atoms with Crippen LogP contribution in [0.1, 0.15) is 32.8 Å². The van der Waals surface area contributed by atoms with E-state index in [1.54, 1.807) is 13.1 Å². The van der Waals surface area contributed by atoms with Gasteiger partial charge in [0.1, 0.15) is 12.2 Å². The zero-order chi connectivity index (χ0) is 21.4. The zero-order valence-corrected chi connectivity index (χ0v) is 18.0. The maximum Gasteiger partial charge on any atom is 0.110 e. The van der Waals surface area contributed by atoms with Gasteiger partial charge in [-0.1, -0.05) is 54.6 Å². The van der Waals surface area contributed by atoms with Crippen LogP contribution in [0.3, 0.4) is 0 Å². The van der Waals surface area contributed by atoms with Gasteiger partial charge in [0, 0.05) is 25.0 Å². The predicted octanol–water partition coefficient (Wildman–Crippen LogP) is 3.49. The molecule has 4 unspecified atom stereocenters. The molecule has 0 saturated carbocycles. The molecule has 158 valence electrons. The van der Waals surface area contributed by atoms with Crippen LogP contribution in [0, 0.1) is 0 Å². The lowest BCUT2D eigenvalue weighted by Crippen LogP contribution is -2.38. The molecule has 0 aromatic heterocycles. The summed E-state index contributed by atoms with van der Waals surface area (Å²) in [6.07, 6.45) is 4.75. The third kappa shape index (κ3) is 6.75. The van der Waals surface area contributed by atoms with Crippen LogP contribution >= 0.6 is 0 Å². The summed E-state index contributed by atoms with van der Waals surface area (Å²) in [6.45, 7) is 10.9. The third-order valence-electron chi connectivity index (χ3n) is 5.23. The molecule has 5 heteroatoms. The number of allylic oxidation sites excluding steroid dienone is 4. The first-order chi connectivity index (χ1) is 13.8. The molecular formula is C24H34N2O3. The molecule has 1 aliphatic heterocycles. The number of rotatable bonds is 6. The first-order valence-electron chi connectivity index (χ1n) is 10.1. The number of hydrogen-bond acceptors (Lipinski definition) is 5. The highest BCUT2D eigenvalue weighted by atomic mass is 16.5. The van der Waals surface area contributed by atoms with Crippen molar-refractivity contribution >= 4 is 5.71 Å². The van der Waals surface area contributed by atoms with E-state index in [9.17, 15) is 10.2 Å². The van der Waals surface area contributed by atoms with Gasteiger partial charge in [0.2, 0.25) is 0 Å². The molecule has 3 rings (SSSR count). The molecule has 0 bridgehead atoms. The summed E-state index contributed by atoms with van der Waals surface area (Å²) in [7, 11) is 1.98. The Balaban J connectivity index is 0.000000234. The lowest BCUT2D eigenvalue weighted by atomic mass is 10.1.